The Balaban J connectivity index is 2.43. The number of nitrogens with two attached hydrogens (primary N) is 1. The summed E-state index contributed by atoms with van der Waals surface area (Å²) in [4.78, 5) is 15.2. The van der Waals surface area contributed by atoms with Crippen LogP contribution in [0.3, 0.4) is 0 Å². The highest BCUT2D eigenvalue weighted by Crippen LogP contribution is 2.34. The molecule has 1 aromatic heterocycles. The third-order valence-corrected chi connectivity index (χ3v) is 3.48. The van der Waals surface area contributed by atoms with Crippen molar-refractivity contribution < 1.29 is 23.1 Å². The molecule has 0 saturated heterocycles. The van der Waals surface area contributed by atoms with Crippen molar-refractivity contribution >= 4 is 17.7 Å². The number of hydrogen-bond donors (Lipinski definition) is 2. The topological polar surface area (TPSA) is 76.2 Å². The highest BCUT2D eigenvalue weighted by Gasteiger charge is 2.33. The van der Waals surface area contributed by atoms with E-state index in [1.165, 1.54) is 24.3 Å². The standard InChI is InChI=1S/C13H9F3N2O2S/c14-13(15,16)10-6-5-9(11(17)20)12(18-10)21-8-3-1-7(19)2-4-8/h1-6,19H,(H2,17,20). The molecule has 1 amide bonds. The summed E-state index contributed by atoms with van der Waals surface area (Å²) < 4.78 is 38.0. The van der Waals surface area contributed by atoms with Crippen LogP contribution in [0.4, 0.5) is 13.2 Å². The van der Waals surface area contributed by atoms with Crippen molar-refractivity contribution in [2.24, 2.45) is 5.73 Å². The van der Waals surface area contributed by atoms with Gasteiger partial charge < -0.3 is 10.8 Å². The normalized spacial score (nSPS) is 11.4. The maximum absolute atomic E-state index is 12.7. The second-order valence-corrected chi connectivity index (χ2v) is 5.07. The molecular weight excluding hydrogens is 305 g/mol. The number of phenols is 1. The molecule has 0 unspecified atom stereocenters. The lowest BCUT2D eigenvalue weighted by molar-refractivity contribution is -0.141. The number of halogens is 3. The molecule has 0 fully saturated rings. The lowest BCUT2D eigenvalue weighted by Crippen LogP contribution is -2.16. The molecule has 3 N–H and O–H groups in total. The Kier molecular flexibility index (Phi) is 4.08. The van der Waals surface area contributed by atoms with Crippen molar-refractivity contribution in [2.75, 3.05) is 0 Å². The van der Waals surface area contributed by atoms with Crippen LogP contribution in [-0.4, -0.2) is 16.0 Å². The highest BCUT2D eigenvalue weighted by molar-refractivity contribution is 7.99. The first-order valence-corrected chi connectivity index (χ1v) is 6.44. The highest BCUT2D eigenvalue weighted by atomic mass is 32.2. The van der Waals surface area contributed by atoms with Crippen LogP contribution in [0.5, 0.6) is 5.75 Å². The van der Waals surface area contributed by atoms with Crippen LogP contribution >= 0.6 is 11.8 Å². The molecule has 4 nitrogen and oxygen atoms in total. The minimum absolute atomic E-state index is 0.0199. The molecule has 0 spiro atoms. The van der Waals surface area contributed by atoms with Gasteiger partial charge in [0, 0.05) is 4.90 Å². The van der Waals surface area contributed by atoms with Crippen LogP contribution in [0.15, 0.2) is 46.3 Å². The molecule has 2 aromatic rings. The number of carbonyl (C=O) groups excluding carboxylic acids is 1. The third-order valence-electron chi connectivity index (χ3n) is 2.47. The number of hydrogen-bond acceptors (Lipinski definition) is 4. The van der Waals surface area contributed by atoms with Gasteiger partial charge in [-0.05, 0) is 36.4 Å². The van der Waals surface area contributed by atoms with Crippen LogP contribution in [0, 0.1) is 0 Å². The zero-order chi connectivity index (χ0) is 15.6. The largest absolute Gasteiger partial charge is 0.508 e. The van der Waals surface area contributed by atoms with E-state index in [1.807, 2.05) is 0 Å². The van der Waals surface area contributed by atoms with Crippen LogP contribution in [-0.2, 0) is 6.18 Å². The van der Waals surface area contributed by atoms with E-state index in [1.54, 1.807) is 0 Å². The number of alkyl halides is 3. The van der Waals surface area contributed by atoms with Gasteiger partial charge in [0.15, 0.2) is 0 Å². The van der Waals surface area contributed by atoms with Gasteiger partial charge in [0.1, 0.15) is 16.5 Å². The van der Waals surface area contributed by atoms with Crippen LogP contribution < -0.4 is 5.73 Å². The fraction of sp³-hybridized carbons (Fsp3) is 0.0769. The van der Waals surface area contributed by atoms with Gasteiger partial charge in [0.25, 0.3) is 5.91 Å². The average molecular weight is 314 g/mol. The van der Waals surface area contributed by atoms with Crippen molar-refractivity contribution in [3.8, 4) is 5.75 Å². The molecule has 0 radical (unpaired) electrons. The zero-order valence-corrected chi connectivity index (χ0v) is 11.2. The summed E-state index contributed by atoms with van der Waals surface area (Å²) in [7, 11) is 0. The van der Waals surface area contributed by atoms with Crippen molar-refractivity contribution in [1.29, 1.82) is 0 Å². The predicted molar refractivity (Wildman–Crippen MR) is 70.0 cm³/mol. The van der Waals surface area contributed by atoms with E-state index in [0.29, 0.717) is 11.0 Å². The van der Waals surface area contributed by atoms with E-state index >= 15 is 0 Å². The maximum Gasteiger partial charge on any atom is 0.433 e. The number of aromatic hydroxyl groups is 1. The maximum atomic E-state index is 12.7. The molecule has 0 saturated carbocycles. The number of benzene rings is 1. The van der Waals surface area contributed by atoms with Crippen molar-refractivity contribution in [3.05, 3.63) is 47.7 Å². The molecule has 1 heterocycles. The van der Waals surface area contributed by atoms with Gasteiger partial charge in [-0.25, -0.2) is 4.98 Å². The first-order valence-electron chi connectivity index (χ1n) is 5.62. The smallest absolute Gasteiger partial charge is 0.433 e. The Bertz CT molecular complexity index is 672. The molecule has 0 aliphatic rings. The Morgan fingerprint density at radius 1 is 1.14 bits per heavy atom. The van der Waals surface area contributed by atoms with Gasteiger partial charge in [-0.2, -0.15) is 13.2 Å². The minimum Gasteiger partial charge on any atom is -0.508 e. The first-order chi connectivity index (χ1) is 9.77. The first kappa shape index (κ1) is 15.2. The van der Waals surface area contributed by atoms with Crippen molar-refractivity contribution in [3.63, 3.8) is 0 Å². The number of phenolic OH excluding ortho intramolecular Hbond substituents is 1. The van der Waals surface area contributed by atoms with E-state index < -0.39 is 17.8 Å². The van der Waals surface area contributed by atoms with Gasteiger partial charge in [0.2, 0.25) is 0 Å². The molecule has 0 atom stereocenters. The SMILES string of the molecule is NC(=O)c1ccc(C(F)(F)F)nc1Sc1ccc(O)cc1. The lowest BCUT2D eigenvalue weighted by Gasteiger charge is -2.10. The van der Waals surface area contributed by atoms with Crippen LogP contribution in [0.2, 0.25) is 0 Å². The number of nitrogens with zero attached hydrogens (tertiary/aromatic N) is 1. The van der Waals surface area contributed by atoms with Crippen molar-refractivity contribution in [2.45, 2.75) is 16.1 Å². The summed E-state index contributed by atoms with van der Waals surface area (Å²) in [5, 5.41) is 9.03. The number of pyridine rings is 1. The Morgan fingerprint density at radius 2 is 1.76 bits per heavy atom. The minimum atomic E-state index is -4.61. The summed E-state index contributed by atoms with van der Waals surface area (Å²) in [5.74, 6) is -0.844. The third kappa shape index (κ3) is 3.66. The van der Waals surface area contributed by atoms with E-state index in [0.717, 1.165) is 17.8 Å². The molecule has 8 heteroatoms. The average Bonchev–Trinajstić information content (AvgIpc) is 2.40. The van der Waals surface area contributed by atoms with Gasteiger partial charge >= 0.3 is 6.18 Å². The summed E-state index contributed by atoms with van der Waals surface area (Å²) in [6.07, 6.45) is -4.61. The quantitative estimate of drug-likeness (QED) is 0.913. The van der Waals surface area contributed by atoms with Gasteiger partial charge in [-0.3, -0.25) is 4.79 Å². The Morgan fingerprint density at radius 3 is 2.29 bits per heavy atom. The number of aromatic nitrogens is 1. The zero-order valence-electron chi connectivity index (χ0n) is 10.4. The fourth-order valence-electron chi connectivity index (χ4n) is 1.49. The van der Waals surface area contributed by atoms with E-state index in [2.05, 4.69) is 4.98 Å². The van der Waals surface area contributed by atoms with E-state index in [4.69, 9.17) is 10.8 Å². The van der Waals surface area contributed by atoms with E-state index in [9.17, 15) is 18.0 Å². The summed E-state index contributed by atoms with van der Waals surface area (Å²) in [6, 6.07) is 7.45. The second kappa shape index (κ2) is 5.65. The summed E-state index contributed by atoms with van der Waals surface area (Å²) in [5.41, 5.74) is 3.94. The Hall–Kier alpha value is -2.22. The summed E-state index contributed by atoms with van der Waals surface area (Å²) in [6.45, 7) is 0. The van der Waals surface area contributed by atoms with Crippen molar-refractivity contribution in [1.82, 2.24) is 4.98 Å². The molecule has 0 aliphatic heterocycles. The molecular formula is C13H9F3N2O2S. The number of amides is 1. The number of rotatable bonds is 3. The molecule has 2 rings (SSSR count). The molecule has 0 bridgehead atoms. The van der Waals surface area contributed by atoms with Crippen LogP contribution in [0.1, 0.15) is 16.1 Å². The predicted octanol–water partition coefficient (Wildman–Crippen LogP) is 3.06. The molecule has 21 heavy (non-hydrogen) atoms. The lowest BCUT2D eigenvalue weighted by atomic mass is 10.2. The van der Waals surface area contributed by atoms with Crippen LogP contribution in [0.25, 0.3) is 0 Å². The van der Waals surface area contributed by atoms with Gasteiger partial charge in [-0.15, -0.1) is 0 Å². The summed E-state index contributed by atoms with van der Waals surface area (Å²) >= 11 is 0.858. The van der Waals surface area contributed by atoms with Gasteiger partial charge in [0.05, 0.1) is 5.56 Å². The van der Waals surface area contributed by atoms with E-state index in [-0.39, 0.29) is 16.3 Å². The Labute approximate surface area is 121 Å². The number of carbonyl (C=O) groups is 1. The monoisotopic (exact) mass is 314 g/mol. The molecule has 1 aromatic carbocycles. The fourth-order valence-corrected chi connectivity index (χ4v) is 2.41. The molecule has 110 valence electrons. The number of primary amides is 1. The second-order valence-electron chi connectivity index (χ2n) is 4.01. The van der Waals surface area contributed by atoms with Gasteiger partial charge in [-0.1, -0.05) is 11.8 Å². The molecule has 0 aliphatic carbocycles.